The van der Waals surface area contributed by atoms with Gasteiger partial charge in [0.15, 0.2) is 0 Å². The van der Waals surface area contributed by atoms with E-state index in [1.165, 1.54) is 39.6 Å². The molecule has 180 valence electrons. The van der Waals surface area contributed by atoms with Crippen molar-refractivity contribution in [2.75, 3.05) is 0 Å². The second-order valence-electron chi connectivity index (χ2n) is 8.27. The van der Waals surface area contributed by atoms with E-state index >= 15 is 0 Å². The molecule has 0 aliphatic heterocycles. The third-order valence-electron chi connectivity index (χ3n) is 6.23. The Balaban J connectivity index is 0.000000527. The Kier molecular flexibility index (Phi) is 8.44. The summed E-state index contributed by atoms with van der Waals surface area (Å²) in [7, 11) is -6.77. The number of benzene rings is 4. The number of hydrogen-bond acceptors (Lipinski definition) is 4. The van der Waals surface area contributed by atoms with Crippen molar-refractivity contribution in [3.63, 3.8) is 0 Å². The summed E-state index contributed by atoms with van der Waals surface area (Å²) >= 11 is 0.405. The zero-order chi connectivity index (χ0) is 24.8. The van der Waals surface area contributed by atoms with Crippen LogP contribution in [0.25, 0.3) is 0 Å². The predicted octanol–water partition coefficient (Wildman–Crippen LogP) is 0.134. The van der Waals surface area contributed by atoms with Crippen molar-refractivity contribution in [1.29, 1.82) is 0 Å². The van der Waals surface area contributed by atoms with Crippen LogP contribution in [0.15, 0.2) is 121 Å². The molecule has 0 atom stereocenters. The van der Waals surface area contributed by atoms with Crippen LogP contribution in [0.2, 0.25) is 0 Å². The molecule has 0 N–H and O–H groups in total. The molecule has 1 aliphatic rings. The first-order valence-corrected chi connectivity index (χ1v) is 16.0. The first kappa shape index (κ1) is 26.0. The topological polar surface area (TPSA) is 92.2 Å². The van der Waals surface area contributed by atoms with Gasteiger partial charge in [-0.1, -0.05) is 0 Å². The van der Waals surface area contributed by atoms with Crippen LogP contribution in [0, 0.1) is 10.2 Å². The normalized spacial score (nSPS) is 14.9. The van der Waals surface area contributed by atoms with E-state index in [0.29, 0.717) is 19.0 Å². The van der Waals surface area contributed by atoms with E-state index < -0.39 is 17.5 Å². The summed E-state index contributed by atoms with van der Waals surface area (Å²) in [6.45, 7) is 0. The maximum atomic E-state index is 8.49. The molecule has 0 bridgehead atoms. The fourth-order valence-corrected chi connectivity index (χ4v) is 16.1. The van der Waals surface area contributed by atoms with Crippen LogP contribution >= 0.6 is 7.26 Å². The van der Waals surface area contributed by atoms with E-state index in [1.54, 1.807) is 0 Å². The molecular formula is C28H26ClO4PSe. The monoisotopic (exact) mass is 572 g/mol. The summed E-state index contributed by atoms with van der Waals surface area (Å²) in [5.41, 5.74) is 0. The van der Waals surface area contributed by atoms with Gasteiger partial charge in [0.25, 0.3) is 0 Å². The summed E-state index contributed by atoms with van der Waals surface area (Å²) in [6, 6.07) is 45.5. The van der Waals surface area contributed by atoms with Crippen LogP contribution in [-0.2, 0) is 0 Å². The molecule has 7 heteroatoms. The SMILES string of the molecule is [O-][Cl+3]([O-])([O-])[O-].c1ccc([Se]C2([P+](c3ccccc3)(c3ccccc3)c3ccccc3)CCC2)cc1. The van der Waals surface area contributed by atoms with E-state index in [2.05, 4.69) is 121 Å². The molecule has 0 aromatic heterocycles. The minimum absolute atomic E-state index is 0.325. The standard InChI is InChI=1S/C28H26PSe.ClHO4/c1-5-14-24(15-6-1)29(25-16-7-2-8-17-25,26-18-9-3-10-19-26)28(22-13-23-28)30-27-20-11-4-12-21-27;2-1(3,4)5/h1-12,14-21H,13,22-23H2;(H,2,3,4,5)/q+1;/p-1. The van der Waals surface area contributed by atoms with Gasteiger partial charge in [0.05, 0.1) is 0 Å². The third-order valence-corrected chi connectivity index (χ3v) is 16.0. The molecule has 1 saturated carbocycles. The molecule has 0 heterocycles. The molecule has 1 fully saturated rings. The Hall–Kier alpha value is -2.04. The quantitative estimate of drug-likeness (QED) is 0.243. The number of hydrogen-bond donors (Lipinski definition) is 0. The second-order valence-corrected chi connectivity index (χ2v) is 16.5. The van der Waals surface area contributed by atoms with Crippen molar-refractivity contribution >= 4 is 42.6 Å². The van der Waals surface area contributed by atoms with Crippen molar-refractivity contribution in [3.05, 3.63) is 121 Å². The van der Waals surface area contributed by atoms with Crippen molar-refractivity contribution in [1.82, 2.24) is 0 Å². The molecule has 0 unspecified atom stereocenters. The average molecular weight is 572 g/mol. The Bertz CT molecular complexity index is 1080. The minimum atomic E-state index is -4.94. The Morgan fingerprint density at radius 1 is 0.543 bits per heavy atom. The third kappa shape index (κ3) is 5.86. The van der Waals surface area contributed by atoms with Crippen LogP contribution in [-0.4, -0.2) is 19.0 Å². The molecule has 4 nitrogen and oxygen atoms in total. The van der Waals surface area contributed by atoms with Gasteiger partial charge in [0, 0.05) is 0 Å². The molecule has 5 rings (SSSR count). The van der Waals surface area contributed by atoms with E-state index in [4.69, 9.17) is 18.6 Å². The molecule has 35 heavy (non-hydrogen) atoms. The van der Waals surface area contributed by atoms with Crippen molar-refractivity contribution in [2.45, 2.75) is 23.3 Å². The van der Waals surface area contributed by atoms with Gasteiger partial charge in [-0.15, -0.1) is 10.2 Å². The van der Waals surface area contributed by atoms with Gasteiger partial charge in [0.2, 0.25) is 0 Å². The second kappa shape index (κ2) is 11.3. The van der Waals surface area contributed by atoms with Gasteiger partial charge in [-0.3, -0.25) is 0 Å². The summed E-state index contributed by atoms with van der Waals surface area (Å²) in [5, 5.41) is 4.58. The van der Waals surface area contributed by atoms with Crippen LogP contribution in [0.4, 0.5) is 0 Å². The predicted molar refractivity (Wildman–Crippen MR) is 134 cm³/mol. The van der Waals surface area contributed by atoms with E-state index in [-0.39, 0.29) is 0 Å². The fourth-order valence-electron chi connectivity index (χ4n) is 4.80. The van der Waals surface area contributed by atoms with Gasteiger partial charge in [-0.05, 0) is 0 Å². The van der Waals surface area contributed by atoms with E-state index in [1.807, 2.05) is 0 Å². The first-order chi connectivity index (χ1) is 16.9. The molecule has 4 aromatic rings. The van der Waals surface area contributed by atoms with Gasteiger partial charge in [-0.2, -0.15) is 0 Å². The summed E-state index contributed by atoms with van der Waals surface area (Å²) in [6.07, 6.45) is 3.96. The van der Waals surface area contributed by atoms with Crippen LogP contribution in [0.3, 0.4) is 0 Å². The maximum absolute atomic E-state index is 8.49. The Morgan fingerprint density at radius 2 is 0.857 bits per heavy atom. The number of halogens is 1. The molecular weight excluding hydrogens is 546 g/mol. The molecule has 0 spiro atoms. The Labute approximate surface area is 215 Å². The molecule has 4 aromatic carbocycles. The van der Waals surface area contributed by atoms with Gasteiger partial charge < -0.3 is 0 Å². The van der Waals surface area contributed by atoms with Crippen molar-refractivity contribution in [2.24, 2.45) is 0 Å². The summed E-state index contributed by atoms with van der Waals surface area (Å²) in [5.74, 6) is 0. The number of rotatable bonds is 6. The van der Waals surface area contributed by atoms with E-state index in [0.717, 1.165) is 0 Å². The van der Waals surface area contributed by atoms with Gasteiger partial charge in [-0.25, -0.2) is 18.6 Å². The summed E-state index contributed by atoms with van der Waals surface area (Å²) in [4.78, 5) is 0. The Morgan fingerprint density at radius 3 is 1.14 bits per heavy atom. The molecule has 1 aliphatic carbocycles. The fraction of sp³-hybridized carbons (Fsp3) is 0.143. The summed E-state index contributed by atoms with van der Waals surface area (Å²) < 4.78 is 35.8. The average Bonchev–Trinajstić information content (AvgIpc) is 2.84. The van der Waals surface area contributed by atoms with Gasteiger partial charge >= 0.3 is 187 Å². The van der Waals surface area contributed by atoms with Crippen LogP contribution < -0.4 is 39.0 Å². The van der Waals surface area contributed by atoms with Gasteiger partial charge in [0.1, 0.15) is 0 Å². The first-order valence-electron chi connectivity index (χ1n) is 11.3. The van der Waals surface area contributed by atoms with Crippen LogP contribution in [0.1, 0.15) is 19.3 Å². The zero-order valence-corrected chi connectivity index (χ0v) is 22.4. The van der Waals surface area contributed by atoms with Crippen LogP contribution in [0.5, 0.6) is 0 Å². The van der Waals surface area contributed by atoms with Crippen molar-refractivity contribution in [3.8, 4) is 0 Å². The zero-order valence-electron chi connectivity index (χ0n) is 19.0. The molecule has 0 amide bonds. The van der Waals surface area contributed by atoms with E-state index in [9.17, 15) is 0 Å². The molecule has 0 saturated heterocycles. The molecule has 0 radical (unpaired) electrons. The van der Waals surface area contributed by atoms with Crippen molar-refractivity contribution < 1.29 is 28.9 Å².